The molecule has 0 fully saturated rings. The van der Waals surface area contributed by atoms with Crippen molar-refractivity contribution < 1.29 is 23.8 Å². The van der Waals surface area contributed by atoms with Crippen molar-refractivity contribution in [2.24, 2.45) is 4.99 Å². The van der Waals surface area contributed by atoms with Crippen LogP contribution in [-0.4, -0.2) is 37.3 Å². The third kappa shape index (κ3) is 5.09. The minimum Gasteiger partial charge on any atom is -0.497 e. The molecule has 3 rings (SSSR count). The van der Waals surface area contributed by atoms with Crippen molar-refractivity contribution >= 4 is 49.4 Å². The van der Waals surface area contributed by atoms with Gasteiger partial charge in [0, 0.05) is 16.1 Å². The largest absolute Gasteiger partial charge is 0.497 e. The smallest absolute Gasteiger partial charge is 0.326 e. The summed E-state index contributed by atoms with van der Waals surface area (Å²) < 4.78 is 19.1. The summed E-state index contributed by atoms with van der Waals surface area (Å²) in [5.74, 6) is 0.465. The summed E-state index contributed by atoms with van der Waals surface area (Å²) in [5, 5.41) is 0. The topological polar surface area (TPSA) is 79.1 Å². The fourth-order valence-corrected chi connectivity index (χ4v) is 4.53. The van der Waals surface area contributed by atoms with Crippen molar-refractivity contribution in [1.82, 2.24) is 4.57 Å². The lowest BCUT2D eigenvalue weighted by atomic mass is 10.1. The fraction of sp³-hybridized carbons (Fsp3) is 0.286. The van der Waals surface area contributed by atoms with Gasteiger partial charge in [0.1, 0.15) is 18.0 Å². The first kappa shape index (κ1) is 22.0. The van der Waals surface area contributed by atoms with Crippen LogP contribution in [0.3, 0.4) is 0 Å². The highest BCUT2D eigenvalue weighted by molar-refractivity contribution is 9.10. The molecular formula is C21H21BrN2O5S. The molecule has 3 aromatic rings. The van der Waals surface area contributed by atoms with E-state index in [2.05, 4.69) is 20.9 Å². The number of amides is 1. The molecule has 1 amide bonds. The highest BCUT2D eigenvalue weighted by atomic mass is 79.9. The molecule has 2 aromatic carbocycles. The predicted octanol–water partition coefficient (Wildman–Crippen LogP) is 3.72. The van der Waals surface area contributed by atoms with Gasteiger partial charge < -0.3 is 18.8 Å². The Kier molecular flexibility index (Phi) is 7.28. The molecule has 9 heteroatoms. The summed E-state index contributed by atoms with van der Waals surface area (Å²) in [6.45, 7) is 2.02. The summed E-state index contributed by atoms with van der Waals surface area (Å²) >= 11 is 4.79. The van der Waals surface area contributed by atoms with Crippen molar-refractivity contribution in [2.45, 2.75) is 19.9 Å². The van der Waals surface area contributed by atoms with Gasteiger partial charge in [-0.05, 0) is 31.2 Å². The molecule has 0 atom stereocenters. The maximum atomic E-state index is 12.7. The molecule has 0 bridgehead atoms. The zero-order chi connectivity index (χ0) is 21.7. The quantitative estimate of drug-likeness (QED) is 0.469. The van der Waals surface area contributed by atoms with Crippen molar-refractivity contribution in [3.8, 4) is 11.5 Å². The van der Waals surface area contributed by atoms with Gasteiger partial charge >= 0.3 is 5.97 Å². The summed E-state index contributed by atoms with van der Waals surface area (Å²) in [6.07, 6.45) is 0.0600. The van der Waals surface area contributed by atoms with Gasteiger partial charge in [0.05, 0.1) is 37.5 Å². The Labute approximate surface area is 186 Å². The standard InChI is InChI=1S/C21H21BrN2O5S/c1-4-29-20(26)12-24-16-8-6-14(22)10-18(16)30-21(24)23-19(25)9-13-5-7-15(27-2)11-17(13)28-3/h5-8,10-11H,4,9,12H2,1-3H3. The Morgan fingerprint density at radius 3 is 2.63 bits per heavy atom. The van der Waals surface area contributed by atoms with Crippen LogP contribution >= 0.6 is 27.3 Å². The number of carbonyl (C=O) groups excluding carboxylic acids is 2. The first-order valence-corrected chi connectivity index (χ1v) is 10.8. The van der Waals surface area contributed by atoms with Gasteiger partial charge in [-0.2, -0.15) is 4.99 Å². The summed E-state index contributed by atoms with van der Waals surface area (Å²) in [7, 11) is 3.11. The van der Waals surface area contributed by atoms with E-state index in [-0.39, 0.29) is 31.4 Å². The molecule has 1 aromatic heterocycles. The van der Waals surface area contributed by atoms with E-state index < -0.39 is 0 Å². The van der Waals surface area contributed by atoms with Crippen LogP contribution in [0.5, 0.6) is 11.5 Å². The van der Waals surface area contributed by atoms with E-state index in [1.54, 1.807) is 36.8 Å². The molecule has 0 aliphatic carbocycles. The number of carbonyl (C=O) groups is 2. The second-order valence-corrected chi connectivity index (χ2v) is 8.17. The van der Waals surface area contributed by atoms with E-state index >= 15 is 0 Å². The monoisotopic (exact) mass is 492 g/mol. The second kappa shape index (κ2) is 9.90. The van der Waals surface area contributed by atoms with E-state index in [0.29, 0.717) is 21.9 Å². The van der Waals surface area contributed by atoms with E-state index in [1.165, 1.54) is 18.4 Å². The number of thiazole rings is 1. The number of nitrogens with zero attached hydrogens (tertiary/aromatic N) is 2. The zero-order valence-corrected chi connectivity index (χ0v) is 19.2. The Balaban J connectivity index is 1.98. The maximum absolute atomic E-state index is 12.7. The van der Waals surface area contributed by atoms with Crippen LogP contribution in [-0.2, 0) is 27.3 Å². The predicted molar refractivity (Wildman–Crippen MR) is 118 cm³/mol. The maximum Gasteiger partial charge on any atom is 0.326 e. The first-order chi connectivity index (χ1) is 14.4. The number of halogens is 1. The normalized spacial score (nSPS) is 11.5. The first-order valence-electron chi connectivity index (χ1n) is 9.18. The molecule has 0 spiro atoms. The van der Waals surface area contributed by atoms with Crippen LogP contribution in [0.2, 0.25) is 0 Å². The molecule has 1 heterocycles. The van der Waals surface area contributed by atoms with E-state index in [9.17, 15) is 9.59 Å². The van der Waals surface area contributed by atoms with Gasteiger partial charge in [-0.3, -0.25) is 9.59 Å². The summed E-state index contributed by atoms with van der Waals surface area (Å²) in [6, 6.07) is 11.0. The van der Waals surface area contributed by atoms with Gasteiger partial charge in [-0.25, -0.2) is 0 Å². The lowest BCUT2D eigenvalue weighted by Crippen LogP contribution is -2.23. The molecule has 7 nitrogen and oxygen atoms in total. The van der Waals surface area contributed by atoms with Crippen LogP contribution in [0.15, 0.2) is 45.9 Å². The number of benzene rings is 2. The molecule has 0 N–H and O–H groups in total. The Bertz CT molecular complexity index is 1150. The zero-order valence-electron chi connectivity index (χ0n) is 16.8. The van der Waals surface area contributed by atoms with Gasteiger partial charge in [-0.15, -0.1) is 0 Å². The van der Waals surface area contributed by atoms with Gasteiger partial charge in [0.25, 0.3) is 5.91 Å². The number of hydrogen-bond donors (Lipinski definition) is 0. The minimum absolute atomic E-state index is 0.0204. The summed E-state index contributed by atoms with van der Waals surface area (Å²) in [4.78, 5) is 29.5. The highest BCUT2D eigenvalue weighted by Gasteiger charge is 2.14. The molecule has 0 unspecified atom stereocenters. The molecule has 0 saturated carbocycles. The van der Waals surface area contributed by atoms with Gasteiger partial charge in [0.15, 0.2) is 4.80 Å². The van der Waals surface area contributed by atoms with Gasteiger partial charge in [-0.1, -0.05) is 33.3 Å². The third-order valence-corrected chi connectivity index (χ3v) is 5.83. The van der Waals surface area contributed by atoms with Crippen LogP contribution in [0.4, 0.5) is 0 Å². The summed E-state index contributed by atoms with van der Waals surface area (Å²) in [5.41, 5.74) is 1.51. The Hall–Kier alpha value is -2.65. The molecular weight excluding hydrogens is 472 g/mol. The number of aromatic nitrogens is 1. The SMILES string of the molecule is CCOC(=O)Cn1c(=NC(=O)Cc2ccc(OC)cc2OC)sc2cc(Br)ccc21. The number of fused-ring (bicyclic) bond motifs is 1. The second-order valence-electron chi connectivity index (χ2n) is 6.25. The highest BCUT2D eigenvalue weighted by Crippen LogP contribution is 2.25. The molecule has 158 valence electrons. The van der Waals surface area contributed by atoms with Crippen LogP contribution in [0.25, 0.3) is 10.2 Å². The molecule has 0 saturated heterocycles. The van der Waals surface area contributed by atoms with Crippen molar-refractivity contribution in [1.29, 1.82) is 0 Å². The minimum atomic E-state index is -0.383. The number of ether oxygens (including phenoxy) is 3. The van der Waals surface area contributed by atoms with E-state index in [4.69, 9.17) is 14.2 Å². The molecule has 0 aliphatic heterocycles. The lowest BCUT2D eigenvalue weighted by Gasteiger charge is -2.09. The number of hydrogen-bond acceptors (Lipinski definition) is 6. The Morgan fingerprint density at radius 2 is 1.93 bits per heavy atom. The van der Waals surface area contributed by atoms with Crippen LogP contribution in [0, 0.1) is 0 Å². The number of esters is 1. The van der Waals surface area contributed by atoms with Crippen molar-refractivity contribution in [3.63, 3.8) is 0 Å². The molecule has 0 aliphatic rings. The van der Waals surface area contributed by atoms with Crippen LogP contribution in [0.1, 0.15) is 12.5 Å². The van der Waals surface area contributed by atoms with E-state index in [0.717, 1.165) is 14.7 Å². The molecule has 0 radical (unpaired) electrons. The van der Waals surface area contributed by atoms with Crippen LogP contribution < -0.4 is 14.3 Å². The lowest BCUT2D eigenvalue weighted by molar-refractivity contribution is -0.143. The number of rotatable bonds is 7. The Morgan fingerprint density at radius 1 is 1.13 bits per heavy atom. The van der Waals surface area contributed by atoms with E-state index in [1.807, 2.05) is 18.2 Å². The van der Waals surface area contributed by atoms with Gasteiger partial charge in [0.2, 0.25) is 0 Å². The average Bonchev–Trinajstić information content (AvgIpc) is 3.04. The molecule has 30 heavy (non-hydrogen) atoms. The van der Waals surface area contributed by atoms with Crippen molar-refractivity contribution in [3.05, 3.63) is 51.2 Å². The average molecular weight is 493 g/mol. The third-order valence-electron chi connectivity index (χ3n) is 4.29. The van der Waals surface area contributed by atoms with Crippen molar-refractivity contribution in [2.75, 3.05) is 20.8 Å². The fourth-order valence-electron chi connectivity index (χ4n) is 2.93. The number of methoxy groups -OCH3 is 2.